The van der Waals surface area contributed by atoms with Gasteiger partial charge in [0, 0.05) is 14.8 Å². The molecule has 0 fully saturated rings. The summed E-state index contributed by atoms with van der Waals surface area (Å²) >= 11 is 16.3. The van der Waals surface area contributed by atoms with Gasteiger partial charge in [-0.25, -0.2) is 0 Å². The standard InChI is InChI=1S/C16H11Cl2N3OS3/c17-10-5-6-11(18)14(7-10)23-8-15(22)20-12-3-1-2-4-13(12)25-16-21-19-9-24-16/h1-7,9H,8H2,(H,20,22). The Kier molecular flexibility index (Phi) is 6.61. The van der Waals surface area contributed by atoms with Gasteiger partial charge >= 0.3 is 0 Å². The number of hydrogen-bond donors (Lipinski definition) is 1. The van der Waals surface area contributed by atoms with Gasteiger partial charge in [-0.15, -0.1) is 22.0 Å². The van der Waals surface area contributed by atoms with E-state index in [-0.39, 0.29) is 11.7 Å². The number of amides is 1. The number of para-hydroxylation sites is 1. The Hall–Kier alpha value is -1.25. The molecule has 3 rings (SSSR count). The van der Waals surface area contributed by atoms with Crippen molar-refractivity contribution in [2.45, 2.75) is 14.1 Å². The predicted molar refractivity (Wildman–Crippen MR) is 106 cm³/mol. The quantitative estimate of drug-likeness (QED) is 0.509. The molecular weight excluding hydrogens is 417 g/mol. The van der Waals surface area contributed by atoms with Crippen LogP contribution in [0, 0.1) is 0 Å². The summed E-state index contributed by atoms with van der Waals surface area (Å²) in [7, 11) is 0. The normalized spacial score (nSPS) is 10.6. The molecule has 0 atom stereocenters. The van der Waals surface area contributed by atoms with Crippen LogP contribution < -0.4 is 5.32 Å². The summed E-state index contributed by atoms with van der Waals surface area (Å²) in [6.07, 6.45) is 0. The summed E-state index contributed by atoms with van der Waals surface area (Å²) in [6.45, 7) is 0. The molecule has 3 aromatic rings. The van der Waals surface area contributed by atoms with Gasteiger partial charge in [-0.05, 0) is 30.3 Å². The molecule has 0 aliphatic rings. The molecule has 25 heavy (non-hydrogen) atoms. The van der Waals surface area contributed by atoms with Crippen LogP contribution in [-0.2, 0) is 4.79 Å². The van der Waals surface area contributed by atoms with Gasteiger partial charge in [-0.1, -0.05) is 58.4 Å². The molecule has 0 saturated carbocycles. The second-order valence-corrected chi connectivity index (χ2v) is 8.70. The Balaban J connectivity index is 1.64. The molecule has 9 heteroatoms. The van der Waals surface area contributed by atoms with E-state index < -0.39 is 0 Å². The molecule has 0 spiro atoms. The average molecular weight is 428 g/mol. The lowest BCUT2D eigenvalue weighted by atomic mass is 10.3. The zero-order chi connectivity index (χ0) is 17.6. The summed E-state index contributed by atoms with van der Waals surface area (Å²) in [5.74, 6) is 0.115. The van der Waals surface area contributed by atoms with Crippen molar-refractivity contribution in [1.29, 1.82) is 0 Å². The molecule has 0 radical (unpaired) electrons. The van der Waals surface area contributed by atoms with Crippen LogP contribution in [0.4, 0.5) is 5.69 Å². The van der Waals surface area contributed by atoms with E-state index in [4.69, 9.17) is 23.2 Å². The van der Waals surface area contributed by atoms with Gasteiger partial charge in [-0.3, -0.25) is 4.79 Å². The lowest BCUT2D eigenvalue weighted by Gasteiger charge is -2.10. The summed E-state index contributed by atoms with van der Waals surface area (Å²) < 4.78 is 0.821. The van der Waals surface area contributed by atoms with Crippen molar-refractivity contribution in [3.05, 3.63) is 58.0 Å². The summed E-state index contributed by atoms with van der Waals surface area (Å²) in [4.78, 5) is 14.0. The highest BCUT2D eigenvalue weighted by Gasteiger charge is 2.11. The fourth-order valence-corrected chi connectivity index (χ4v) is 4.69. The van der Waals surface area contributed by atoms with Crippen LogP contribution in [0.3, 0.4) is 0 Å². The van der Waals surface area contributed by atoms with Crippen molar-refractivity contribution in [2.75, 3.05) is 11.1 Å². The number of carbonyl (C=O) groups excluding carboxylic acids is 1. The Morgan fingerprint density at radius 2 is 2.00 bits per heavy atom. The Morgan fingerprint density at radius 3 is 2.80 bits per heavy atom. The maximum absolute atomic E-state index is 12.3. The van der Waals surface area contributed by atoms with Gasteiger partial charge in [0.05, 0.1) is 16.5 Å². The van der Waals surface area contributed by atoms with Gasteiger partial charge < -0.3 is 5.32 Å². The van der Waals surface area contributed by atoms with Crippen LogP contribution in [0.5, 0.6) is 0 Å². The molecular formula is C16H11Cl2N3OS3. The van der Waals surface area contributed by atoms with Gasteiger partial charge in [-0.2, -0.15) is 0 Å². The molecule has 1 aromatic heterocycles. The van der Waals surface area contributed by atoms with Crippen molar-refractivity contribution in [3.63, 3.8) is 0 Å². The molecule has 0 unspecified atom stereocenters. The van der Waals surface area contributed by atoms with E-state index in [1.54, 1.807) is 23.7 Å². The second-order valence-electron chi connectivity index (χ2n) is 4.71. The van der Waals surface area contributed by atoms with Gasteiger partial charge in [0.2, 0.25) is 5.91 Å². The maximum atomic E-state index is 12.3. The highest BCUT2D eigenvalue weighted by molar-refractivity contribution is 8.01. The van der Waals surface area contributed by atoms with E-state index in [1.807, 2.05) is 24.3 Å². The van der Waals surface area contributed by atoms with E-state index in [9.17, 15) is 4.79 Å². The molecule has 2 aromatic carbocycles. The molecule has 1 N–H and O–H groups in total. The summed E-state index contributed by atoms with van der Waals surface area (Å²) in [5.41, 5.74) is 2.42. The second kappa shape index (κ2) is 8.91. The van der Waals surface area contributed by atoms with Gasteiger partial charge in [0.1, 0.15) is 5.51 Å². The summed E-state index contributed by atoms with van der Waals surface area (Å²) in [5, 5.41) is 11.9. The van der Waals surface area contributed by atoms with Crippen molar-refractivity contribution in [1.82, 2.24) is 10.2 Å². The highest BCUT2D eigenvalue weighted by Crippen LogP contribution is 2.34. The number of anilines is 1. The molecule has 1 amide bonds. The van der Waals surface area contributed by atoms with E-state index in [0.717, 1.165) is 19.8 Å². The van der Waals surface area contributed by atoms with Crippen LogP contribution >= 0.6 is 58.1 Å². The Morgan fingerprint density at radius 1 is 1.16 bits per heavy atom. The number of benzene rings is 2. The lowest BCUT2D eigenvalue weighted by molar-refractivity contribution is -0.113. The fourth-order valence-electron chi connectivity index (χ4n) is 1.88. The van der Waals surface area contributed by atoms with E-state index in [1.165, 1.54) is 34.9 Å². The number of thioether (sulfide) groups is 1. The number of aromatic nitrogens is 2. The van der Waals surface area contributed by atoms with Gasteiger partial charge in [0.15, 0.2) is 4.34 Å². The van der Waals surface area contributed by atoms with Crippen molar-refractivity contribution in [3.8, 4) is 0 Å². The number of carbonyl (C=O) groups is 1. The zero-order valence-corrected chi connectivity index (χ0v) is 16.6. The van der Waals surface area contributed by atoms with Crippen LogP contribution in [-0.4, -0.2) is 21.9 Å². The van der Waals surface area contributed by atoms with E-state index in [2.05, 4.69) is 15.5 Å². The minimum absolute atomic E-state index is 0.119. The first-order valence-electron chi connectivity index (χ1n) is 7.02. The first-order chi connectivity index (χ1) is 12.1. The Labute approximate surface area is 167 Å². The molecule has 4 nitrogen and oxygen atoms in total. The number of nitrogens with one attached hydrogen (secondary N) is 1. The minimum Gasteiger partial charge on any atom is -0.324 e. The average Bonchev–Trinajstić information content (AvgIpc) is 3.10. The van der Waals surface area contributed by atoms with Crippen molar-refractivity contribution in [2.24, 2.45) is 0 Å². The highest BCUT2D eigenvalue weighted by atomic mass is 35.5. The smallest absolute Gasteiger partial charge is 0.234 e. The zero-order valence-electron chi connectivity index (χ0n) is 12.6. The van der Waals surface area contributed by atoms with Crippen molar-refractivity contribution >= 4 is 69.7 Å². The summed E-state index contributed by atoms with van der Waals surface area (Å²) in [6, 6.07) is 12.8. The minimum atomic E-state index is -0.119. The third-order valence-electron chi connectivity index (χ3n) is 2.95. The van der Waals surface area contributed by atoms with E-state index in [0.29, 0.717) is 10.0 Å². The molecule has 128 valence electrons. The lowest BCUT2D eigenvalue weighted by Crippen LogP contribution is -2.14. The first-order valence-corrected chi connectivity index (χ1v) is 10.5. The maximum Gasteiger partial charge on any atom is 0.234 e. The SMILES string of the molecule is O=C(CSc1cc(Cl)ccc1Cl)Nc1ccccc1Sc1nncs1. The largest absolute Gasteiger partial charge is 0.324 e. The van der Waals surface area contributed by atoms with E-state index >= 15 is 0 Å². The monoisotopic (exact) mass is 427 g/mol. The molecule has 0 aliphatic carbocycles. The third-order valence-corrected chi connectivity index (χ3v) is 6.54. The van der Waals surface area contributed by atoms with Gasteiger partial charge in [0.25, 0.3) is 0 Å². The molecule has 0 saturated heterocycles. The molecule has 1 heterocycles. The predicted octanol–water partition coefficient (Wildman–Crippen LogP) is 5.73. The fraction of sp³-hybridized carbons (Fsp3) is 0.0625. The molecule has 0 bridgehead atoms. The number of halogens is 2. The Bertz CT molecular complexity index is 875. The number of nitrogens with zero attached hydrogens (tertiary/aromatic N) is 2. The third kappa shape index (κ3) is 5.36. The number of hydrogen-bond acceptors (Lipinski definition) is 6. The molecule has 0 aliphatic heterocycles. The van der Waals surface area contributed by atoms with Crippen LogP contribution in [0.15, 0.2) is 62.1 Å². The van der Waals surface area contributed by atoms with Crippen molar-refractivity contribution < 1.29 is 4.79 Å². The van der Waals surface area contributed by atoms with Crippen LogP contribution in [0.25, 0.3) is 0 Å². The topological polar surface area (TPSA) is 54.9 Å². The van der Waals surface area contributed by atoms with Crippen LogP contribution in [0.2, 0.25) is 10.0 Å². The first kappa shape index (κ1) is 18.5. The van der Waals surface area contributed by atoms with Crippen LogP contribution in [0.1, 0.15) is 0 Å². The number of rotatable bonds is 6.